The van der Waals surface area contributed by atoms with Crippen molar-refractivity contribution < 1.29 is 14.6 Å². The lowest BCUT2D eigenvalue weighted by Crippen LogP contribution is -2.12. The summed E-state index contributed by atoms with van der Waals surface area (Å²) >= 11 is 0. The maximum atomic E-state index is 12.1. The number of carbonyl (C=O) groups excluding carboxylic acids is 1. The molecule has 4 heteroatoms. The predicted octanol–water partition coefficient (Wildman–Crippen LogP) is 3.35. The standard InChI is InChI=1S/C16H17NO3/c1-3-20-13-6-4-5-12(10-13)17-16(19)14-9-11(2)7-8-15(14)18/h4-10,18H,3H2,1-2H3,(H,17,19). The van der Waals surface area contributed by atoms with Gasteiger partial charge in [0.1, 0.15) is 11.5 Å². The first kappa shape index (κ1) is 13.9. The maximum Gasteiger partial charge on any atom is 0.259 e. The molecule has 0 unspecified atom stereocenters. The minimum Gasteiger partial charge on any atom is -0.507 e. The molecule has 0 aliphatic carbocycles. The van der Waals surface area contributed by atoms with Gasteiger partial charge in [-0.25, -0.2) is 0 Å². The Hall–Kier alpha value is -2.49. The zero-order valence-corrected chi connectivity index (χ0v) is 11.5. The van der Waals surface area contributed by atoms with Gasteiger partial charge >= 0.3 is 0 Å². The second-order valence-electron chi connectivity index (χ2n) is 4.44. The van der Waals surface area contributed by atoms with Crippen molar-refractivity contribution in [2.45, 2.75) is 13.8 Å². The third-order valence-electron chi connectivity index (χ3n) is 2.80. The molecule has 4 nitrogen and oxygen atoms in total. The summed E-state index contributed by atoms with van der Waals surface area (Å²) in [5.74, 6) is 0.313. The minimum absolute atomic E-state index is 0.0333. The van der Waals surface area contributed by atoms with E-state index in [-0.39, 0.29) is 17.2 Å². The van der Waals surface area contributed by atoms with Crippen molar-refractivity contribution in [3.05, 3.63) is 53.6 Å². The van der Waals surface area contributed by atoms with Gasteiger partial charge in [-0.1, -0.05) is 17.7 Å². The van der Waals surface area contributed by atoms with Gasteiger partial charge in [0.15, 0.2) is 0 Å². The van der Waals surface area contributed by atoms with Gasteiger partial charge in [0.2, 0.25) is 0 Å². The summed E-state index contributed by atoms with van der Waals surface area (Å²) in [4.78, 5) is 12.1. The highest BCUT2D eigenvalue weighted by molar-refractivity contribution is 6.06. The Morgan fingerprint density at radius 3 is 2.80 bits per heavy atom. The van der Waals surface area contributed by atoms with E-state index in [2.05, 4.69) is 5.32 Å². The number of ether oxygens (including phenoxy) is 1. The molecule has 0 spiro atoms. The van der Waals surface area contributed by atoms with E-state index in [1.807, 2.05) is 19.9 Å². The van der Waals surface area contributed by atoms with Crippen LogP contribution < -0.4 is 10.1 Å². The Morgan fingerprint density at radius 1 is 1.25 bits per heavy atom. The molecule has 0 heterocycles. The Balaban J connectivity index is 2.19. The fourth-order valence-electron chi connectivity index (χ4n) is 1.86. The zero-order chi connectivity index (χ0) is 14.5. The van der Waals surface area contributed by atoms with E-state index in [0.717, 1.165) is 5.56 Å². The van der Waals surface area contributed by atoms with E-state index in [1.54, 1.807) is 30.3 Å². The molecule has 2 aromatic rings. The van der Waals surface area contributed by atoms with Crippen LogP contribution in [0, 0.1) is 6.92 Å². The third kappa shape index (κ3) is 3.29. The van der Waals surface area contributed by atoms with Crippen molar-refractivity contribution in [2.24, 2.45) is 0 Å². The number of nitrogens with one attached hydrogen (secondary N) is 1. The molecule has 0 saturated heterocycles. The van der Waals surface area contributed by atoms with Gasteiger partial charge in [-0.15, -0.1) is 0 Å². The number of carbonyl (C=O) groups is 1. The van der Waals surface area contributed by atoms with Gasteiger partial charge in [-0.3, -0.25) is 4.79 Å². The minimum atomic E-state index is -0.347. The first-order valence-corrected chi connectivity index (χ1v) is 6.44. The largest absolute Gasteiger partial charge is 0.507 e. The highest BCUT2D eigenvalue weighted by atomic mass is 16.5. The molecule has 2 rings (SSSR count). The molecule has 104 valence electrons. The van der Waals surface area contributed by atoms with Gasteiger partial charge in [-0.2, -0.15) is 0 Å². The quantitative estimate of drug-likeness (QED) is 0.896. The summed E-state index contributed by atoms with van der Waals surface area (Å²) < 4.78 is 5.38. The molecule has 0 aliphatic heterocycles. The number of phenols is 1. The fraction of sp³-hybridized carbons (Fsp3) is 0.188. The lowest BCUT2D eigenvalue weighted by molar-refractivity contribution is 0.102. The second-order valence-corrected chi connectivity index (χ2v) is 4.44. The summed E-state index contributed by atoms with van der Waals surface area (Å²) in [6.45, 7) is 4.33. The summed E-state index contributed by atoms with van der Waals surface area (Å²) in [6, 6.07) is 12.1. The summed E-state index contributed by atoms with van der Waals surface area (Å²) in [7, 11) is 0. The first-order chi connectivity index (χ1) is 9.60. The SMILES string of the molecule is CCOc1cccc(NC(=O)c2cc(C)ccc2O)c1. The van der Waals surface area contributed by atoms with E-state index in [4.69, 9.17) is 4.74 Å². The second kappa shape index (κ2) is 6.10. The Bertz CT molecular complexity index is 623. The Morgan fingerprint density at radius 2 is 2.05 bits per heavy atom. The van der Waals surface area contributed by atoms with Crippen LogP contribution in [0.25, 0.3) is 0 Å². The number of rotatable bonds is 4. The fourth-order valence-corrected chi connectivity index (χ4v) is 1.86. The number of hydrogen-bond acceptors (Lipinski definition) is 3. The van der Waals surface area contributed by atoms with E-state index in [0.29, 0.717) is 18.0 Å². The van der Waals surface area contributed by atoms with Crippen LogP contribution in [0.1, 0.15) is 22.8 Å². The number of aryl methyl sites for hydroxylation is 1. The molecule has 2 aromatic carbocycles. The van der Waals surface area contributed by atoms with Gasteiger partial charge in [0.25, 0.3) is 5.91 Å². The number of hydrogen-bond donors (Lipinski definition) is 2. The van der Waals surface area contributed by atoms with Crippen molar-refractivity contribution in [3.63, 3.8) is 0 Å². The summed E-state index contributed by atoms with van der Waals surface area (Å²) in [5, 5.41) is 12.5. The molecule has 20 heavy (non-hydrogen) atoms. The van der Waals surface area contributed by atoms with Gasteiger partial charge in [0.05, 0.1) is 12.2 Å². The lowest BCUT2D eigenvalue weighted by Gasteiger charge is -2.09. The molecule has 0 bridgehead atoms. The molecule has 0 radical (unpaired) electrons. The Labute approximate surface area is 118 Å². The molecular formula is C16H17NO3. The van der Waals surface area contributed by atoms with Crippen molar-refractivity contribution in [1.82, 2.24) is 0 Å². The summed E-state index contributed by atoms with van der Waals surface area (Å²) in [6.07, 6.45) is 0. The third-order valence-corrected chi connectivity index (χ3v) is 2.80. The van der Waals surface area contributed by atoms with Crippen LogP contribution in [0.2, 0.25) is 0 Å². The number of amides is 1. The van der Waals surface area contributed by atoms with E-state index in [9.17, 15) is 9.90 Å². The zero-order valence-electron chi connectivity index (χ0n) is 11.5. The molecule has 0 aromatic heterocycles. The van der Waals surface area contributed by atoms with Crippen molar-refractivity contribution in [3.8, 4) is 11.5 Å². The molecule has 2 N–H and O–H groups in total. The van der Waals surface area contributed by atoms with Gasteiger partial charge < -0.3 is 15.2 Å². The average molecular weight is 271 g/mol. The van der Waals surface area contributed by atoms with Gasteiger partial charge in [0, 0.05) is 11.8 Å². The maximum absolute atomic E-state index is 12.1. The summed E-state index contributed by atoms with van der Waals surface area (Å²) in [5.41, 5.74) is 1.80. The monoisotopic (exact) mass is 271 g/mol. The van der Waals surface area contributed by atoms with Crippen molar-refractivity contribution in [1.29, 1.82) is 0 Å². The molecule has 0 atom stereocenters. The van der Waals surface area contributed by atoms with Crippen LogP contribution in [0.3, 0.4) is 0 Å². The average Bonchev–Trinajstić information content (AvgIpc) is 2.42. The van der Waals surface area contributed by atoms with Crippen LogP contribution in [-0.4, -0.2) is 17.6 Å². The first-order valence-electron chi connectivity index (χ1n) is 6.44. The number of aromatic hydroxyl groups is 1. The molecule has 0 saturated carbocycles. The Kier molecular flexibility index (Phi) is 4.25. The van der Waals surface area contributed by atoms with Crippen LogP contribution >= 0.6 is 0 Å². The van der Waals surface area contributed by atoms with Crippen LogP contribution in [0.15, 0.2) is 42.5 Å². The predicted molar refractivity (Wildman–Crippen MR) is 78.4 cm³/mol. The molecule has 1 amide bonds. The van der Waals surface area contributed by atoms with Gasteiger partial charge in [-0.05, 0) is 38.1 Å². The van der Waals surface area contributed by atoms with Crippen molar-refractivity contribution in [2.75, 3.05) is 11.9 Å². The van der Waals surface area contributed by atoms with Crippen molar-refractivity contribution >= 4 is 11.6 Å². The van der Waals surface area contributed by atoms with E-state index in [1.165, 1.54) is 6.07 Å². The normalized spacial score (nSPS) is 10.1. The van der Waals surface area contributed by atoms with Crippen LogP contribution in [0.4, 0.5) is 5.69 Å². The smallest absolute Gasteiger partial charge is 0.259 e. The highest BCUT2D eigenvalue weighted by Gasteiger charge is 2.11. The number of phenolic OH excluding ortho intramolecular Hbond substituents is 1. The molecule has 0 aliphatic rings. The van der Waals surface area contributed by atoms with Crippen LogP contribution in [0.5, 0.6) is 11.5 Å². The van der Waals surface area contributed by atoms with Crippen LogP contribution in [-0.2, 0) is 0 Å². The number of anilines is 1. The molecule has 0 fully saturated rings. The van der Waals surface area contributed by atoms with E-state index < -0.39 is 0 Å². The topological polar surface area (TPSA) is 58.6 Å². The highest BCUT2D eigenvalue weighted by Crippen LogP contribution is 2.22. The lowest BCUT2D eigenvalue weighted by atomic mass is 10.1. The number of benzene rings is 2. The molecular weight excluding hydrogens is 254 g/mol. The van der Waals surface area contributed by atoms with E-state index >= 15 is 0 Å².